The summed E-state index contributed by atoms with van der Waals surface area (Å²) in [4.78, 5) is 2.44. The molecule has 2 fully saturated rings. The average Bonchev–Trinajstić information content (AvgIpc) is 2.69. The Balaban J connectivity index is 1.92. The Morgan fingerprint density at radius 2 is 1.94 bits per heavy atom. The minimum atomic E-state index is -0.119. The summed E-state index contributed by atoms with van der Waals surface area (Å²) in [5.41, 5.74) is 0.405. The molecule has 0 radical (unpaired) electrons. The van der Waals surface area contributed by atoms with Crippen LogP contribution in [0.4, 0.5) is 0 Å². The van der Waals surface area contributed by atoms with Gasteiger partial charge in [-0.3, -0.25) is 4.90 Å². The average molecular weight is 243 g/mol. The van der Waals surface area contributed by atoms with E-state index >= 15 is 0 Å². The zero-order chi connectivity index (χ0) is 12.1. The van der Waals surface area contributed by atoms with Crippen molar-refractivity contribution in [3.05, 3.63) is 0 Å². The van der Waals surface area contributed by atoms with Gasteiger partial charge in [-0.15, -0.1) is 0 Å². The Hall–Kier alpha value is -0.160. The van der Waals surface area contributed by atoms with E-state index in [1.165, 1.54) is 25.7 Å². The maximum atomic E-state index is 5.79. The molecule has 0 N–H and O–H groups in total. The SMILES string of the molecule is COC(CN1CCOCC2(CCCC2)C1)OC. The van der Waals surface area contributed by atoms with Gasteiger partial charge in [0.2, 0.25) is 0 Å². The molecule has 0 aromatic heterocycles. The fourth-order valence-electron chi connectivity index (χ4n) is 3.12. The van der Waals surface area contributed by atoms with Gasteiger partial charge in [0, 0.05) is 39.3 Å². The van der Waals surface area contributed by atoms with E-state index in [0.29, 0.717) is 5.41 Å². The molecular formula is C13H25NO3. The highest BCUT2D eigenvalue weighted by atomic mass is 16.7. The predicted molar refractivity (Wildman–Crippen MR) is 66.0 cm³/mol. The summed E-state index contributed by atoms with van der Waals surface area (Å²) >= 11 is 0. The molecule has 2 aliphatic rings. The third kappa shape index (κ3) is 3.41. The third-order valence-corrected chi connectivity index (χ3v) is 4.12. The van der Waals surface area contributed by atoms with Gasteiger partial charge in [-0.2, -0.15) is 0 Å². The third-order valence-electron chi connectivity index (χ3n) is 4.12. The Bertz CT molecular complexity index is 225. The van der Waals surface area contributed by atoms with Crippen molar-refractivity contribution in [3.63, 3.8) is 0 Å². The number of hydrogen-bond donors (Lipinski definition) is 0. The molecule has 1 saturated heterocycles. The second-order valence-electron chi connectivity index (χ2n) is 5.40. The standard InChI is InChI=1S/C13H25NO3/c1-15-12(16-2)9-14-7-8-17-11-13(10-14)5-3-4-6-13/h12H,3-11H2,1-2H3. The van der Waals surface area contributed by atoms with Crippen LogP contribution in [0.2, 0.25) is 0 Å². The second kappa shape index (κ2) is 6.14. The smallest absolute Gasteiger partial charge is 0.169 e. The van der Waals surface area contributed by atoms with E-state index in [0.717, 1.165) is 32.8 Å². The number of methoxy groups -OCH3 is 2. The topological polar surface area (TPSA) is 30.9 Å². The highest BCUT2D eigenvalue weighted by Crippen LogP contribution is 2.40. The minimum absolute atomic E-state index is 0.119. The van der Waals surface area contributed by atoms with Gasteiger partial charge in [0.1, 0.15) is 0 Å². The Morgan fingerprint density at radius 3 is 2.59 bits per heavy atom. The van der Waals surface area contributed by atoms with Gasteiger partial charge in [0.05, 0.1) is 13.2 Å². The van der Waals surface area contributed by atoms with Crippen LogP contribution in [0.15, 0.2) is 0 Å². The summed E-state index contributed by atoms with van der Waals surface area (Å²) in [5, 5.41) is 0. The van der Waals surface area contributed by atoms with Gasteiger partial charge in [-0.25, -0.2) is 0 Å². The second-order valence-corrected chi connectivity index (χ2v) is 5.40. The molecule has 4 nitrogen and oxygen atoms in total. The van der Waals surface area contributed by atoms with Crippen molar-refractivity contribution in [2.24, 2.45) is 5.41 Å². The fraction of sp³-hybridized carbons (Fsp3) is 1.00. The van der Waals surface area contributed by atoms with Crippen molar-refractivity contribution in [2.45, 2.75) is 32.0 Å². The van der Waals surface area contributed by atoms with Gasteiger partial charge in [0.25, 0.3) is 0 Å². The molecule has 1 aliphatic carbocycles. The Labute approximate surface area is 104 Å². The van der Waals surface area contributed by atoms with Crippen LogP contribution in [-0.4, -0.2) is 58.3 Å². The highest BCUT2D eigenvalue weighted by Gasteiger charge is 2.37. The lowest BCUT2D eigenvalue weighted by atomic mass is 9.87. The lowest BCUT2D eigenvalue weighted by molar-refractivity contribution is -0.118. The molecule has 1 heterocycles. The van der Waals surface area contributed by atoms with Crippen molar-refractivity contribution in [1.29, 1.82) is 0 Å². The lowest BCUT2D eigenvalue weighted by Crippen LogP contribution is -2.41. The molecule has 100 valence electrons. The van der Waals surface area contributed by atoms with Gasteiger partial charge in [0.15, 0.2) is 6.29 Å². The van der Waals surface area contributed by atoms with Gasteiger partial charge in [-0.05, 0) is 12.8 Å². The largest absolute Gasteiger partial charge is 0.379 e. The van der Waals surface area contributed by atoms with Crippen LogP contribution in [0.5, 0.6) is 0 Å². The summed E-state index contributed by atoms with van der Waals surface area (Å²) in [7, 11) is 3.40. The molecule has 1 saturated carbocycles. The first-order valence-electron chi connectivity index (χ1n) is 6.64. The maximum Gasteiger partial charge on any atom is 0.169 e. The van der Waals surface area contributed by atoms with Crippen LogP contribution in [0, 0.1) is 5.41 Å². The van der Waals surface area contributed by atoms with Crippen LogP contribution in [0.1, 0.15) is 25.7 Å². The number of ether oxygens (including phenoxy) is 3. The molecule has 1 spiro atoms. The van der Waals surface area contributed by atoms with Gasteiger partial charge >= 0.3 is 0 Å². The van der Waals surface area contributed by atoms with E-state index in [9.17, 15) is 0 Å². The zero-order valence-corrected chi connectivity index (χ0v) is 11.1. The quantitative estimate of drug-likeness (QED) is 0.700. The fourth-order valence-corrected chi connectivity index (χ4v) is 3.12. The van der Waals surface area contributed by atoms with Crippen molar-refractivity contribution < 1.29 is 14.2 Å². The molecule has 0 aromatic rings. The van der Waals surface area contributed by atoms with Crippen LogP contribution >= 0.6 is 0 Å². The maximum absolute atomic E-state index is 5.79. The van der Waals surface area contributed by atoms with E-state index in [-0.39, 0.29) is 6.29 Å². The number of nitrogens with zero attached hydrogens (tertiary/aromatic N) is 1. The molecule has 0 atom stereocenters. The molecule has 0 aromatic carbocycles. The van der Waals surface area contributed by atoms with Crippen LogP contribution < -0.4 is 0 Å². The molecule has 0 unspecified atom stereocenters. The highest BCUT2D eigenvalue weighted by molar-refractivity contribution is 4.89. The summed E-state index contributed by atoms with van der Waals surface area (Å²) in [6, 6.07) is 0. The van der Waals surface area contributed by atoms with E-state index < -0.39 is 0 Å². The molecule has 17 heavy (non-hydrogen) atoms. The first kappa shape index (κ1) is 13.3. The summed E-state index contributed by atoms with van der Waals surface area (Å²) in [6.45, 7) is 4.75. The van der Waals surface area contributed by atoms with E-state index in [2.05, 4.69) is 4.90 Å². The summed E-state index contributed by atoms with van der Waals surface area (Å²) in [5.74, 6) is 0. The van der Waals surface area contributed by atoms with E-state index in [1.54, 1.807) is 14.2 Å². The van der Waals surface area contributed by atoms with Gasteiger partial charge < -0.3 is 14.2 Å². The summed E-state index contributed by atoms with van der Waals surface area (Å²) < 4.78 is 16.4. The van der Waals surface area contributed by atoms with Crippen LogP contribution in [-0.2, 0) is 14.2 Å². The Kier molecular flexibility index (Phi) is 4.79. The van der Waals surface area contributed by atoms with Crippen molar-refractivity contribution in [2.75, 3.05) is 47.1 Å². The molecule has 4 heteroatoms. The molecule has 0 bridgehead atoms. The van der Waals surface area contributed by atoms with Gasteiger partial charge in [-0.1, -0.05) is 12.8 Å². The predicted octanol–water partition coefficient (Wildman–Crippen LogP) is 1.50. The Morgan fingerprint density at radius 1 is 1.24 bits per heavy atom. The van der Waals surface area contributed by atoms with Crippen LogP contribution in [0.3, 0.4) is 0 Å². The van der Waals surface area contributed by atoms with E-state index in [1.807, 2.05) is 0 Å². The molecule has 0 amide bonds. The molecule has 1 aliphatic heterocycles. The number of hydrogen-bond acceptors (Lipinski definition) is 4. The van der Waals surface area contributed by atoms with Crippen molar-refractivity contribution in [3.8, 4) is 0 Å². The molecular weight excluding hydrogens is 218 g/mol. The lowest BCUT2D eigenvalue weighted by Gasteiger charge is -2.32. The first-order chi connectivity index (χ1) is 8.28. The minimum Gasteiger partial charge on any atom is -0.379 e. The monoisotopic (exact) mass is 243 g/mol. The van der Waals surface area contributed by atoms with Crippen LogP contribution in [0.25, 0.3) is 0 Å². The zero-order valence-electron chi connectivity index (χ0n) is 11.1. The summed E-state index contributed by atoms with van der Waals surface area (Å²) in [6.07, 6.45) is 5.22. The van der Waals surface area contributed by atoms with Crippen molar-refractivity contribution in [1.82, 2.24) is 4.90 Å². The number of rotatable bonds is 4. The van der Waals surface area contributed by atoms with E-state index in [4.69, 9.17) is 14.2 Å². The normalized spacial score (nSPS) is 25.6. The molecule has 2 rings (SSSR count). The van der Waals surface area contributed by atoms with Crippen molar-refractivity contribution >= 4 is 0 Å². The first-order valence-corrected chi connectivity index (χ1v) is 6.64.